The van der Waals surface area contributed by atoms with Crippen molar-refractivity contribution in [2.45, 2.75) is 25.4 Å². The molecule has 28 heavy (non-hydrogen) atoms. The van der Waals surface area contributed by atoms with Gasteiger partial charge in [-0.25, -0.2) is 0 Å². The molecule has 0 radical (unpaired) electrons. The summed E-state index contributed by atoms with van der Waals surface area (Å²) in [6, 6.07) is 18.1. The summed E-state index contributed by atoms with van der Waals surface area (Å²) in [6.07, 6.45) is 2.63. The third-order valence-electron chi connectivity index (χ3n) is 6.16. The van der Waals surface area contributed by atoms with Gasteiger partial charge < -0.3 is 4.90 Å². The molecule has 3 aromatic rings. The second kappa shape index (κ2) is 8.15. The SMILES string of the molecule is c1ccc(N2CCN([C@@H]3CCCN(Cc4ccc5nsnc5c4)C3)CC2)cc1. The van der Waals surface area contributed by atoms with E-state index in [0.717, 1.165) is 30.7 Å². The van der Waals surface area contributed by atoms with Crippen LogP contribution in [0.1, 0.15) is 18.4 Å². The number of para-hydroxylation sites is 1. The van der Waals surface area contributed by atoms with Crippen molar-refractivity contribution in [2.24, 2.45) is 0 Å². The van der Waals surface area contributed by atoms with E-state index in [-0.39, 0.29) is 0 Å². The van der Waals surface area contributed by atoms with Gasteiger partial charge in [0.2, 0.25) is 0 Å². The minimum atomic E-state index is 0.691. The van der Waals surface area contributed by atoms with Gasteiger partial charge in [-0.3, -0.25) is 9.80 Å². The third kappa shape index (κ3) is 3.90. The first-order chi connectivity index (χ1) is 13.8. The minimum absolute atomic E-state index is 0.691. The standard InChI is InChI=1S/C22H27N5S/c1-2-5-19(6-3-1)26-11-13-27(14-12-26)20-7-4-10-25(17-20)16-18-8-9-21-22(15-18)24-28-23-21/h1-3,5-6,8-9,15,20H,4,7,10-14,16-17H2/t20-/m1/s1. The van der Waals surface area contributed by atoms with Gasteiger partial charge in [-0.05, 0) is 49.2 Å². The molecule has 0 bridgehead atoms. The van der Waals surface area contributed by atoms with Crippen molar-refractivity contribution in [2.75, 3.05) is 44.2 Å². The Morgan fingerprint density at radius 3 is 2.57 bits per heavy atom. The van der Waals surface area contributed by atoms with E-state index >= 15 is 0 Å². The van der Waals surface area contributed by atoms with E-state index in [2.05, 4.69) is 72.0 Å². The van der Waals surface area contributed by atoms with Crippen LogP contribution in [-0.2, 0) is 6.54 Å². The van der Waals surface area contributed by atoms with Gasteiger partial charge in [0.15, 0.2) is 0 Å². The van der Waals surface area contributed by atoms with E-state index in [0.29, 0.717) is 6.04 Å². The predicted molar refractivity (Wildman–Crippen MR) is 116 cm³/mol. The van der Waals surface area contributed by atoms with E-state index in [9.17, 15) is 0 Å². The predicted octanol–water partition coefficient (Wildman–Crippen LogP) is 3.48. The molecule has 2 saturated heterocycles. The van der Waals surface area contributed by atoms with Crippen molar-refractivity contribution in [1.82, 2.24) is 18.5 Å². The summed E-state index contributed by atoms with van der Waals surface area (Å²) >= 11 is 1.30. The van der Waals surface area contributed by atoms with E-state index in [4.69, 9.17) is 0 Å². The third-order valence-corrected chi connectivity index (χ3v) is 6.71. The van der Waals surface area contributed by atoms with Gasteiger partial charge in [0.1, 0.15) is 11.0 Å². The Morgan fingerprint density at radius 1 is 0.893 bits per heavy atom. The molecule has 0 aliphatic carbocycles. The Labute approximate surface area is 170 Å². The molecule has 6 heteroatoms. The zero-order valence-corrected chi connectivity index (χ0v) is 17.0. The van der Waals surface area contributed by atoms with E-state index < -0.39 is 0 Å². The first-order valence-corrected chi connectivity index (χ1v) is 11.1. The fourth-order valence-corrected chi connectivity index (χ4v) is 5.16. The number of fused-ring (bicyclic) bond motifs is 1. The quantitative estimate of drug-likeness (QED) is 0.678. The highest BCUT2D eigenvalue weighted by molar-refractivity contribution is 7.00. The molecule has 0 N–H and O–H groups in total. The smallest absolute Gasteiger partial charge is 0.105 e. The van der Waals surface area contributed by atoms with Crippen LogP contribution < -0.4 is 4.90 Å². The molecule has 0 spiro atoms. The summed E-state index contributed by atoms with van der Waals surface area (Å²) in [5.41, 5.74) is 4.77. The molecule has 2 aromatic carbocycles. The fourth-order valence-electron chi connectivity index (χ4n) is 4.64. The van der Waals surface area contributed by atoms with E-state index in [1.54, 1.807) is 0 Å². The summed E-state index contributed by atoms with van der Waals surface area (Å²) in [6.45, 7) is 8.01. The second-order valence-electron chi connectivity index (χ2n) is 7.98. The summed E-state index contributed by atoms with van der Waals surface area (Å²) in [5, 5.41) is 0. The Hall–Kier alpha value is -2.02. The Bertz CT molecular complexity index is 903. The maximum Gasteiger partial charge on any atom is 0.105 e. The first-order valence-electron chi connectivity index (χ1n) is 10.3. The first kappa shape index (κ1) is 18.0. The van der Waals surface area contributed by atoms with E-state index in [1.165, 1.54) is 62.0 Å². The minimum Gasteiger partial charge on any atom is -0.369 e. The van der Waals surface area contributed by atoms with Crippen LogP contribution in [0.25, 0.3) is 11.0 Å². The number of rotatable bonds is 4. The van der Waals surface area contributed by atoms with Crippen LogP contribution in [0.5, 0.6) is 0 Å². The van der Waals surface area contributed by atoms with Crippen molar-refractivity contribution in [1.29, 1.82) is 0 Å². The lowest BCUT2D eigenvalue weighted by molar-refractivity contribution is 0.0888. The van der Waals surface area contributed by atoms with Crippen molar-refractivity contribution in [3.05, 3.63) is 54.1 Å². The lowest BCUT2D eigenvalue weighted by atomic mass is 10.0. The molecule has 0 saturated carbocycles. The number of piperidine rings is 1. The summed E-state index contributed by atoms with van der Waals surface area (Å²) < 4.78 is 8.71. The molecule has 1 aromatic heterocycles. The Morgan fingerprint density at radius 2 is 1.71 bits per heavy atom. The number of aromatic nitrogens is 2. The van der Waals surface area contributed by atoms with Gasteiger partial charge in [0.05, 0.1) is 11.7 Å². The summed E-state index contributed by atoms with van der Waals surface area (Å²) in [5.74, 6) is 0. The number of hydrogen-bond donors (Lipinski definition) is 0. The van der Waals surface area contributed by atoms with Crippen LogP contribution in [0, 0.1) is 0 Å². The second-order valence-corrected chi connectivity index (χ2v) is 8.51. The van der Waals surface area contributed by atoms with Gasteiger partial charge in [-0.1, -0.05) is 24.3 Å². The van der Waals surface area contributed by atoms with Gasteiger partial charge >= 0.3 is 0 Å². The van der Waals surface area contributed by atoms with Gasteiger partial charge in [-0.2, -0.15) is 8.75 Å². The van der Waals surface area contributed by atoms with Gasteiger partial charge in [0.25, 0.3) is 0 Å². The van der Waals surface area contributed by atoms with Gasteiger partial charge in [-0.15, -0.1) is 0 Å². The molecule has 0 unspecified atom stereocenters. The molecule has 2 aliphatic heterocycles. The zero-order chi connectivity index (χ0) is 18.8. The number of nitrogens with zero attached hydrogens (tertiary/aromatic N) is 5. The summed E-state index contributed by atoms with van der Waals surface area (Å²) in [4.78, 5) is 7.87. The fraction of sp³-hybridized carbons (Fsp3) is 0.455. The van der Waals surface area contributed by atoms with Crippen molar-refractivity contribution in [3.63, 3.8) is 0 Å². The van der Waals surface area contributed by atoms with Crippen molar-refractivity contribution < 1.29 is 0 Å². The van der Waals surface area contributed by atoms with Crippen LogP contribution in [0.15, 0.2) is 48.5 Å². The van der Waals surface area contributed by atoms with Gasteiger partial charge in [0, 0.05) is 51.0 Å². The number of anilines is 1. The molecule has 2 fully saturated rings. The molecule has 0 amide bonds. The largest absolute Gasteiger partial charge is 0.369 e. The molecule has 146 valence electrons. The number of likely N-dealkylation sites (tertiary alicyclic amines) is 1. The molecule has 3 heterocycles. The highest BCUT2D eigenvalue weighted by Crippen LogP contribution is 2.22. The molecule has 2 aliphatic rings. The van der Waals surface area contributed by atoms with Crippen LogP contribution >= 0.6 is 11.7 Å². The average Bonchev–Trinajstić information content (AvgIpc) is 3.23. The maximum absolute atomic E-state index is 4.39. The monoisotopic (exact) mass is 393 g/mol. The number of hydrogen-bond acceptors (Lipinski definition) is 6. The van der Waals surface area contributed by atoms with Crippen LogP contribution in [0.4, 0.5) is 5.69 Å². The van der Waals surface area contributed by atoms with E-state index in [1.807, 2.05) is 0 Å². The molecule has 5 rings (SSSR count). The molecular weight excluding hydrogens is 366 g/mol. The lowest BCUT2D eigenvalue weighted by Crippen LogP contribution is -2.55. The highest BCUT2D eigenvalue weighted by Gasteiger charge is 2.28. The number of benzene rings is 2. The number of piperazine rings is 1. The molecular formula is C22H27N5S. The Balaban J connectivity index is 1.18. The highest BCUT2D eigenvalue weighted by atomic mass is 32.1. The topological polar surface area (TPSA) is 35.5 Å². The lowest BCUT2D eigenvalue weighted by Gasteiger charge is -2.44. The Kier molecular flexibility index (Phi) is 5.25. The molecule has 1 atom stereocenters. The zero-order valence-electron chi connectivity index (χ0n) is 16.2. The summed E-state index contributed by atoms with van der Waals surface area (Å²) in [7, 11) is 0. The van der Waals surface area contributed by atoms with Crippen LogP contribution in [0.3, 0.4) is 0 Å². The normalized spacial score (nSPS) is 22.0. The van der Waals surface area contributed by atoms with Crippen molar-refractivity contribution in [3.8, 4) is 0 Å². The van der Waals surface area contributed by atoms with Crippen LogP contribution in [-0.4, -0.2) is 63.9 Å². The van der Waals surface area contributed by atoms with Crippen molar-refractivity contribution >= 4 is 28.4 Å². The molecule has 5 nitrogen and oxygen atoms in total. The average molecular weight is 394 g/mol. The maximum atomic E-state index is 4.39. The van der Waals surface area contributed by atoms with Crippen LogP contribution in [0.2, 0.25) is 0 Å².